The number of halogens is 4. The molecule has 2 aromatic rings. The number of alkyl halides is 3. The Balaban J connectivity index is 1.96. The molecule has 2 N–H and O–H groups in total. The maximum absolute atomic E-state index is 12.2. The predicted molar refractivity (Wildman–Crippen MR) is 94.2 cm³/mol. The standard InChI is InChI=1S/C16H14ClF3N2O2S/c1-23-14-6-5-11(17)8-13(14)22-15(25)21-9-10-3-2-4-12(7-10)24-16(18,19)20/h2-8H,9H2,1H3,(H2,21,22,25). The molecule has 0 amide bonds. The molecule has 0 saturated carbocycles. The molecule has 0 spiro atoms. The van der Waals surface area contributed by atoms with Crippen LogP contribution in [-0.2, 0) is 6.54 Å². The zero-order valence-electron chi connectivity index (χ0n) is 13.0. The van der Waals surface area contributed by atoms with Crippen LogP contribution in [0.2, 0.25) is 5.02 Å². The molecule has 0 saturated heterocycles. The van der Waals surface area contributed by atoms with Crippen molar-refractivity contribution in [2.24, 2.45) is 0 Å². The second-order valence-electron chi connectivity index (χ2n) is 4.85. The fourth-order valence-electron chi connectivity index (χ4n) is 1.98. The lowest BCUT2D eigenvalue weighted by molar-refractivity contribution is -0.274. The maximum Gasteiger partial charge on any atom is 0.573 e. The molecule has 4 nitrogen and oxygen atoms in total. The van der Waals surface area contributed by atoms with Gasteiger partial charge in [0.1, 0.15) is 11.5 Å². The van der Waals surface area contributed by atoms with Crippen LogP contribution in [-0.4, -0.2) is 18.6 Å². The van der Waals surface area contributed by atoms with Crippen LogP contribution in [0.1, 0.15) is 5.56 Å². The third-order valence-electron chi connectivity index (χ3n) is 2.99. The van der Waals surface area contributed by atoms with Gasteiger partial charge in [-0.3, -0.25) is 0 Å². The SMILES string of the molecule is COc1ccc(Cl)cc1NC(=S)NCc1cccc(OC(F)(F)F)c1. The van der Waals surface area contributed by atoms with Crippen LogP contribution in [0.5, 0.6) is 11.5 Å². The van der Waals surface area contributed by atoms with Crippen LogP contribution < -0.4 is 20.1 Å². The summed E-state index contributed by atoms with van der Waals surface area (Å²) in [6, 6.07) is 10.6. The lowest BCUT2D eigenvalue weighted by atomic mass is 10.2. The van der Waals surface area contributed by atoms with E-state index in [1.165, 1.54) is 25.3 Å². The minimum absolute atomic E-state index is 0.212. The lowest BCUT2D eigenvalue weighted by Gasteiger charge is -2.14. The summed E-state index contributed by atoms with van der Waals surface area (Å²) < 4.78 is 45.8. The van der Waals surface area contributed by atoms with Crippen molar-refractivity contribution < 1.29 is 22.6 Å². The van der Waals surface area contributed by atoms with E-state index in [2.05, 4.69) is 15.4 Å². The minimum Gasteiger partial charge on any atom is -0.495 e. The van der Waals surface area contributed by atoms with Crippen LogP contribution in [0.15, 0.2) is 42.5 Å². The van der Waals surface area contributed by atoms with Crippen molar-refractivity contribution in [1.82, 2.24) is 5.32 Å². The summed E-state index contributed by atoms with van der Waals surface area (Å²) in [5.74, 6) is 0.260. The largest absolute Gasteiger partial charge is 0.573 e. The van der Waals surface area contributed by atoms with Crippen LogP contribution in [0.4, 0.5) is 18.9 Å². The third kappa shape index (κ3) is 6.32. The number of rotatable bonds is 5. The van der Waals surface area contributed by atoms with Crippen molar-refractivity contribution in [1.29, 1.82) is 0 Å². The molecule has 0 aliphatic rings. The van der Waals surface area contributed by atoms with Gasteiger partial charge in [0.25, 0.3) is 0 Å². The zero-order valence-corrected chi connectivity index (χ0v) is 14.6. The van der Waals surface area contributed by atoms with Crippen molar-refractivity contribution in [2.45, 2.75) is 12.9 Å². The van der Waals surface area contributed by atoms with Gasteiger partial charge in [-0.25, -0.2) is 0 Å². The van der Waals surface area contributed by atoms with E-state index in [-0.39, 0.29) is 17.4 Å². The fraction of sp³-hybridized carbons (Fsp3) is 0.188. The summed E-state index contributed by atoms with van der Waals surface area (Å²) in [6.45, 7) is 0.212. The number of ether oxygens (including phenoxy) is 2. The molecule has 0 aliphatic carbocycles. The van der Waals surface area contributed by atoms with Crippen molar-refractivity contribution in [2.75, 3.05) is 12.4 Å². The van der Waals surface area contributed by atoms with E-state index in [1.54, 1.807) is 24.3 Å². The molecule has 0 radical (unpaired) electrons. The quantitative estimate of drug-likeness (QED) is 0.722. The van der Waals surface area contributed by atoms with Crippen molar-refractivity contribution >= 4 is 34.6 Å². The number of nitrogens with one attached hydrogen (secondary N) is 2. The van der Waals surface area contributed by atoms with Gasteiger partial charge in [-0.1, -0.05) is 23.7 Å². The fourth-order valence-corrected chi connectivity index (χ4v) is 2.33. The van der Waals surface area contributed by atoms with Gasteiger partial charge in [0, 0.05) is 11.6 Å². The molecule has 0 atom stereocenters. The molecule has 134 valence electrons. The molecule has 25 heavy (non-hydrogen) atoms. The number of anilines is 1. The summed E-state index contributed by atoms with van der Waals surface area (Å²) in [6.07, 6.45) is -4.73. The highest BCUT2D eigenvalue weighted by atomic mass is 35.5. The number of hydrogen-bond acceptors (Lipinski definition) is 3. The molecular weight excluding hydrogens is 377 g/mol. The second-order valence-corrected chi connectivity index (χ2v) is 5.69. The molecular formula is C16H14ClF3N2O2S. The van der Waals surface area contributed by atoms with Gasteiger partial charge in [-0.15, -0.1) is 13.2 Å². The summed E-state index contributed by atoms with van der Waals surface area (Å²) in [5, 5.41) is 6.59. The Kier molecular flexibility index (Phi) is 6.33. The molecule has 0 aromatic heterocycles. The minimum atomic E-state index is -4.73. The molecule has 0 aliphatic heterocycles. The van der Waals surface area contributed by atoms with E-state index in [4.69, 9.17) is 28.6 Å². The van der Waals surface area contributed by atoms with E-state index >= 15 is 0 Å². The van der Waals surface area contributed by atoms with Crippen molar-refractivity contribution in [3.63, 3.8) is 0 Å². The first-order valence-electron chi connectivity index (χ1n) is 7.00. The third-order valence-corrected chi connectivity index (χ3v) is 3.48. The topological polar surface area (TPSA) is 42.5 Å². The molecule has 0 heterocycles. The van der Waals surface area contributed by atoms with E-state index in [1.807, 2.05) is 0 Å². The molecule has 0 unspecified atom stereocenters. The number of methoxy groups -OCH3 is 1. The van der Waals surface area contributed by atoms with Gasteiger partial charge in [0.05, 0.1) is 12.8 Å². The first-order chi connectivity index (χ1) is 11.8. The van der Waals surface area contributed by atoms with E-state index in [0.29, 0.717) is 22.0 Å². The Morgan fingerprint density at radius 2 is 1.96 bits per heavy atom. The molecule has 2 aromatic carbocycles. The average Bonchev–Trinajstić information content (AvgIpc) is 2.52. The first-order valence-corrected chi connectivity index (χ1v) is 7.78. The Morgan fingerprint density at radius 1 is 1.20 bits per heavy atom. The van der Waals surface area contributed by atoms with Gasteiger partial charge < -0.3 is 20.1 Å². The van der Waals surface area contributed by atoms with Crippen LogP contribution in [0.25, 0.3) is 0 Å². The summed E-state index contributed by atoms with van der Waals surface area (Å²) in [4.78, 5) is 0. The smallest absolute Gasteiger partial charge is 0.495 e. The highest BCUT2D eigenvalue weighted by Crippen LogP contribution is 2.27. The van der Waals surface area contributed by atoms with Gasteiger partial charge in [0.2, 0.25) is 0 Å². The van der Waals surface area contributed by atoms with Gasteiger partial charge in [-0.05, 0) is 48.1 Å². The number of thiocarbonyl (C=S) groups is 1. The van der Waals surface area contributed by atoms with Gasteiger partial charge >= 0.3 is 6.36 Å². The Bertz CT molecular complexity index is 756. The maximum atomic E-state index is 12.2. The number of hydrogen-bond donors (Lipinski definition) is 2. The van der Waals surface area contributed by atoms with E-state index in [9.17, 15) is 13.2 Å². The van der Waals surface area contributed by atoms with E-state index < -0.39 is 6.36 Å². The van der Waals surface area contributed by atoms with Crippen molar-refractivity contribution in [3.8, 4) is 11.5 Å². The Morgan fingerprint density at radius 3 is 2.64 bits per heavy atom. The first kappa shape index (κ1) is 19.1. The Labute approximate surface area is 152 Å². The lowest BCUT2D eigenvalue weighted by Crippen LogP contribution is -2.28. The second kappa shape index (κ2) is 8.26. The van der Waals surface area contributed by atoms with Crippen LogP contribution >= 0.6 is 23.8 Å². The highest BCUT2D eigenvalue weighted by molar-refractivity contribution is 7.80. The van der Waals surface area contributed by atoms with Crippen LogP contribution in [0, 0.1) is 0 Å². The van der Waals surface area contributed by atoms with Crippen LogP contribution in [0.3, 0.4) is 0 Å². The normalized spacial score (nSPS) is 10.9. The molecule has 0 fully saturated rings. The molecule has 9 heteroatoms. The van der Waals surface area contributed by atoms with Gasteiger partial charge in [-0.2, -0.15) is 0 Å². The summed E-state index contributed by atoms with van der Waals surface area (Å²) >= 11 is 11.1. The predicted octanol–water partition coefficient (Wildman–Crippen LogP) is 4.73. The zero-order chi connectivity index (χ0) is 18.4. The van der Waals surface area contributed by atoms with E-state index in [0.717, 1.165) is 0 Å². The number of benzene rings is 2. The summed E-state index contributed by atoms with van der Waals surface area (Å²) in [5.41, 5.74) is 1.14. The highest BCUT2D eigenvalue weighted by Gasteiger charge is 2.31. The monoisotopic (exact) mass is 390 g/mol. The molecule has 0 bridgehead atoms. The summed E-state index contributed by atoms with van der Waals surface area (Å²) in [7, 11) is 1.51. The van der Waals surface area contributed by atoms with Gasteiger partial charge in [0.15, 0.2) is 5.11 Å². The Hall–Kier alpha value is -2.19. The average molecular weight is 391 g/mol. The van der Waals surface area contributed by atoms with Crippen molar-refractivity contribution in [3.05, 3.63) is 53.1 Å². The molecule has 2 rings (SSSR count).